The van der Waals surface area contributed by atoms with Gasteiger partial charge in [0.2, 0.25) is 0 Å². The van der Waals surface area contributed by atoms with Gasteiger partial charge in [0.25, 0.3) is 5.91 Å². The maximum atomic E-state index is 12.9. The van der Waals surface area contributed by atoms with Crippen molar-refractivity contribution in [3.63, 3.8) is 0 Å². The second-order valence-electron chi connectivity index (χ2n) is 7.30. The molecule has 8 heteroatoms. The van der Waals surface area contributed by atoms with Crippen LogP contribution in [0.2, 0.25) is 0 Å². The zero-order chi connectivity index (χ0) is 18.8. The summed E-state index contributed by atoms with van der Waals surface area (Å²) in [6.45, 7) is 5.85. The Morgan fingerprint density at radius 2 is 2.04 bits per heavy atom. The van der Waals surface area contributed by atoms with Gasteiger partial charge in [0.15, 0.2) is 0 Å². The summed E-state index contributed by atoms with van der Waals surface area (Å²) in [4.78, 5) is 25.4. The highest BCUT2D eigenvalue weighted by Crippen LogP contribution is 2.26. The molecule has 2 aromatic heterocycles. The van der Waals surface area contributed by atoms with Gasteiger partial charge in [-0.1, -0.05) is 0 Å². The van der Waals surface area contributed by atoms with Gasteiger partial charge in [-0.3, -0.25) is 4.79 Å². The normalized spacial score (nSPS) is 17.8. The van der Waals surface area contributed by atoms with Crippen LogP contribution in [-0.4, -0.2) is 67.6 Å². The molecule has 140 valence electrons. The van der Waals surface area contributed by atoms with Crippen LogP contribution in [0.3, 0.4) is 0 Å². The fourth-order valence-corrected chi connectivity index (χ4v) is 3.51. The molecular weight excluding hydrogens is 330 g/mol. The molecule has 2 aromatic rings. The summed E-state index contributed by atoms with van der Waals surface area (Å²) < 4.78 is 2.07. The Balaban J connectivity index is 1.77. The van der Waals surface area contributed by atoms with Gasteiger partial charge < -0.3 is 14.4 Å². The molecular formula is C18H27N7O. The molecule has 0 saturated carbocycles. The molecule has 0 unspecified atom stereocenters. The van der Waals surface area contributed by atoms with Crippen LogP contribution in [0.25, 0.3) is 0 Å². The van der Waals surface area contributed by atoms with Crippen LogP contribution in [0.1, 0.15) is 52.4 Å². The van der Waals surface area contributed by atoms with Crippen LogP contribution in [0.15, 0.2) is 6.07 Å². The minimum Gasteiger partial charge on any atom is -0.337 e. The van der Waals surface area contributed by atoms with Gasteiger partial charge in [-0.05, 0) is 46.9 Å². The first-order valence-corrected chi connectivity index (χ1v) is 8.99. The maximum Gasteiger partial charge on any atom is 0.272 e. The molecule has 0 aliphatic carbocycles. The van der Waals surface area contributed by atoms with E-state index in [1.165, 1.54) is 0 Å². The third-order valence-electron chi connectivity index (χ3n) is 4.72. The van der Waals surface area contributed by atoms with Gasteiger partial charge >= 0.3 is 0 Å². The number of amides is 1. The molecule has 1 aliphatic rings. The van der Waals surface area contributed by atoms with Crippen LogP contribution < -0.4 is 0 Å². The van der Waals surface area contributed by atoms with Gasteiger partial charge in [0.05, 0.1) is 6.54 Å². The van der Waals surface area contributed by atoms with E-state index < -0.39 is 0 Å². The second-order valence-corrected chi connectivity index (χ2v) is 7.30. The molecule has 1 fully saturated rings. The van der Waals surface area contributed by atoms with Crippen LogP contribution in [-0.2, 0) is 13.6 Å². The number of likely N-dealkylation sites (tertiary alicyclic amines) is 1. The highest BCUT2D eigenvalue weighted by molar-refractivity contribution is 5.92. The average Bonchev–Trinajstić information content (AvgIpc) is 2.93. The highest BCUT2D eigenvalue weighted by Gasteiger charge is 2.29. The summed E-state index contributed by atoms with van der Waals surface area (Å²) >= 11 is 0. The van der Waals surface area contributed by atoms with E-state index in [0.29, 0.717) is 18.1 Å². The minimum atomic E-state index is -0.0287. The van der Waals surface area contributed by atoms with Crippen molar-refractivity contribution >= 4 is 5.91 Å². The monoisotopic (exact) mass is 357 g/mol. The Morgan fingerprint density at radius 1 is 1.27 bits per heavy atom. The zero-order valence-corrected chi connectivity index (χ0v) is 16.2. The Hall–Kier alpha value is -2.35. The largest absolute Gasteiger partial charge is 0.337 e. The lowest BCUT2D eigenvalue weighted by Gasteiger charge is -2.32. The van der Waals surface area contributed by atoms with Gasteiger partial charge in [-0.2, -0.15) is 0 Å². The maximum absolute atomic E-state index is 12.9. The number of carbonyl (C=O) groups excluding carboxylic acids is 1. The number of aryl methyl sites for hydroxylation is 2. The van der Waals surface area contributed by atoms with Gasteiger partial charge in [-0.15, -0.1) is 10.2 Å². The summed E-state index contributed by atoms with van der Waals surface area (Å²) in [5, 5.41) is 8.74. The van der Waals surface area contributed by atoms with Crippen molar-refractivity contribution in [2.75, 3.05) is 27.2 Å². The molecule has 0 radical (unpaired) electrons. The van der Waals surface area contributed by atoms with Gasteiger partial charge in [0, 0.05) is 31.7 Å². The van der Waals surface area contributed by atoms with Crippen molar-refractivity contribution in [3.05, 3.63) is 34.9 Å². The first-order valence-electron chi connectivity index (χ1n) is 8.99. The SMILES string of the molecule is Cc1cc(C(=O)N2CCC[C@H](c3nnc(CN(C)C)n3C)C2)nc(C)n1. The number of nitrogens with zero attached hydrogens (tertiary/aromatic N) is 7. The lowest BCUT2D eigenvalue weighted by atomic mass is 9.97. The molecule has 0 aromatic carbocycles. The Morgan fingerprint density at radius 3 is 2.73 bits per heavy atom. The van der Waals surface area contributed by atoms with Crippen molar-refractivity contribution in [3.8, 4) is 0 Å². The molecule has 0 N–H and O–H groups in total. The van der Waals surface area contributed by atoms with Crippen LogP contribution >= 0.6 is 0 Å². The average molecular weight is 357 g/mol. The lowest BCUT2D eigenvalue weighted by Crippen LogP contribution is -2.40. The van der Waals surface area contributed by atoms with Crippen molar-refractivity contribution in [2.24, 2.45) is 7.05 Å². The predicted octanol–water partition coefficient (Wildman–Crippen LogP) is 1.30. The fourth-order valence-electron chi connectivity index (χ4n) is 3.51. The van der Waals surface area contributed by atoms with E-state index in [9.17, 15) is 4.79 Å². The van der Waals surface area contributed by atoms with Crippen LogP contribution in [0.4, 0.5) is 0 Å². The van der Waals surface area contributed by atoms with Gasteiger partial charge in [0.1, 0.15) is 23.2 Å². The third-order valence-corrected chi connectivity index (χ3v) is 4.72. The number of aromatic nitrogens is 5. The zero-order valence-electron chi connectivity index (χ0n) is 16.2. The quantitative estimate of drug-likeness (QED) is 0.821. The molecule has 8 nitrogen and oxygen atoms in total. The van der Waals surface area contributed by atoms with E-state index in [-0.39, 0.29) is 11.8 Å². The number of hydrogen-bond acceptors (Lipinski definition) is 6. The van der Waals surface area contributed by atoms with Crippen molar-refractivity contribution in [1.82, 2.24) is 34.5 Å². The van der Waals surface area contributed by atoms with E-state index in [2.05, 4.69) is 29.6 Å². The number of piperidine rings is 1. The van der Waals surface area contributed by atoms with Gasteiger partial charge in [-0.25, -0.2) is 9.97 Å². The van der Waals surface area contributed by atoms with E-state index in [1.54, 1.807) is 6.07 Å². The Bertz CT molecular complexity index is 779. The summed E-state index contributed by atoms with van der Waals surface area (Å²) in [5.41, 5.74) is 1.29. The summed E-state index contributed by atoms with van der Waals surface area (Å²) in [6, 6.07) is 1.76. The minimum absolute atomic E-state index is 0.0287. The molecule has 1 aliphatic heterocycles. The fraction of sp³-hybridized carbons (Fsp3) is 0.611. The molecule has 1 saturated heterocycles. The molecule has 3 heterocycles. The number of hydrogen-bond donors (Lipinski definition) is 0. The summed E-state index contributed by atoms with van der Waals surface area (Å²) in [6.07, 6.45) is 1.97. The van der Waals surface area contributed by atoms with Crippen LogP contribution in [0.5, 0.6) is 0 Å². The summed E-state index contributed by atoms with van der Waals surface area (Å²) in [7, 11) is 6.04. The number of rotatable bonds is 4. The molecule has 0 bridgehead atoms. The topological polar surface area (TPSA) is 80.0 Å². The lowest BCUT2D eigenvalue weighted by molar-refractivity contribution is 0.0696. The smallest absolute Gasteiger partial charge is 0.272 e. The van der Waals surface area contributed by atoms with Crippen molar-refractivity contribution in [1.29, 1.82) is 0 Å². The highest BCUT2D eigenvalue weighted by atomic mass is 16.2. The molecule has 3 rings (SSSR count). The molecule has 1 amide bonds. The molecule has 26 heavy (non-hydrogen) atoms. The first-order chi connectivity index (χ1) is 12.3. The molecule has 0 spiro atoms. The van der Waals surface area contributed by atoms with E-state index in [4.69, 9.17) is 0 Å². The summed E-state index contributed by atoms with van der Waals surface area (Å²) in [5.74, 6) is 2.69. The number of carbonyl (C=O) groups is 1. The second kappa shape index (κ2) is 7.49. The van der Waals surface area contributed by atoms with E-state index >= 15 is 0 Å². The third kappa shape index (κ3) is 3.90. The first kappa shape index (κ1) is 18.4. The van der Waals surface area contributed by atoms with Crippen molar-refractivity contribution in [2.45, 2.75) is 39.2 Å². The Labute approximate surface area is 154 Å². The van der Waals surface area contributed by atoms with Crippen molar-refractivity contribution < 1.29 is 4.79 Å². The van der Waals surface area contributed by atoms with E-state index in [1.807, 2.05) is 39.9 Å². The van der Waals surface area contributed by atoms with E-state index in [0.717, 1.165) is 43.3 Å². The Kier molecular flexibility index (Phi) is 5.31. The molecule has 1 atom stereocenters. The standard InChI is InChI=1S/C18H27N7O/c1-12-9-15(20-13(2)19-12)18(26)25-8-6-7-14(10-25)17-22-21-16(24(17)5)11-23(3)4/h9,14H,6-8,10-11H2,1-5H3/t14-/m0/s1. The predicted molar refractivity (Wildman–Crippen MR) is 97.8 cm³/mol. The van der Waals surface area contributed by atoms with Crippen LogP contribution in [0, 0.1) is 13.8 Å².